The fraction of sp³-hybridized carbons (Fsp3) is 0.471. The smallest absolute Gasteiger partial charge is 0.243 e. The van der Waals surface area contributed by atoms with Gasteiger partial charge in [-0.05, 0) is 31.5 Å². The van der Waals surface area contributed by atoms with Crippen molar-refractivity contribution in [1.29, 1.82) is 0 Å². The lowest BCUT2D eigenvalue weighted by atomic mass is 9.87. The van der Waals surface area contributed by atoms with E-state index in [9.17, 15) is 4.79 Å². The second kappa shape index (κ2) is 7.38. The van der Waals surface area contributed by atoms with Gasteiger partial charge in [-0.25, -0.2) is 0 Å². The molecule has 1 N–H and O–H groups in total. The van der Waals surface area contributed by atoms with Gasteiger partial charge in [0.15, 0.2) is 0 Å². The number of rotatable bonds is 6. The Balaban J connectivity index is 2.06. The number of nitrogens with one attached hydrogen (secondary N) is 1. The Labute approximate surface area is 126 Å². The van der Waals surface area contributed by atoms with Gasteiger partial charge in [0.2, 0.25) is 5.91 Å². The zero-order valence-corrected chi connectivity index (χ0v) is 12.7. The van der Waals surface area contributed by atoms with Gasteiger partial charge in [0.05, 0.1) is 0 Å². The molecule has 1 aliphatic heterocycles. The van der Waals surface area contributed by atoms with Crippen LogP contribution in [0, 0.1) is 0 Å². The monoisotopic (exact) mass is 288 g/mol. The van der Waals surface area contributed by atoms with Gasteiger partial charge < -0.3 is 10.1 Å². The molecule has 0 unspecified atom stereocenters. The van der Waals surface area contributed by atoms with Crippen LogP contribution in [0.1, 0.15) is 18.4 Å². The maximum absolute atomic E-state index is 11.5. The number of amides is 1. The highest BCUT2D eigenvalue weighted by Crippen LogP contribution is 2.27. The summed E-state index contributed by atoms with van der Waals surface area (Å²) in [5, 5.41) is 2.96. The number of hydrogen-bond donors (Lipinski definition) is 1. The molecule has 114 valence electrons. The number of ether oxygens (including phenoxy) is 1. The summed E-state index contributed by atoms with van der Waals surface area (Å²) in [7, 11) is 2.12. The van der Waals surface area contributed by atoms with Crippen molar-refractivity contribution in [3.63, 3.8) is 0 Å². The maximum Gasteiger partial charge on any atom is 0.243 e. The largest absolute Gasteiger partial charge is 0.381 e. The molecular formula is C17H24N2O2. The van der Waals surface area contributed by atoms with Crippen molar-refractivity contribution < 1.29 is 9.53 Å². The Kier molecular flexibility index (Phi) is 5.53. The Morgan fingerprint density at radius 3 is 2.67 bits per heavy atom. The summed E-state index contributed by atoms with van der Waals surface area (Å²) in [6, 6.07) is 10.4. The Bertz CT molecular complexity index is 467. The molecule has 2 rings (SSSR count). The highest BCUT2D eigenvalue weighted by molar-refractivity contribution is 5.86. The fourth-order valence-corrected chi connectivity index (χ4v) is 2.79. The van der Waals surface area contributed by atoms with E-state index in [0.717, 1.165) is 32.6 Å². The number of carbonyl (C=O) groups is 1. The normalized spacial score (nSPS) is 17.4. The standard InChI is InChI=1S/C17H24N2O2/c1-3-16(20)18-14-17(9-11-21-12-10-17)19(2)13-15-7-5-4-6-8-15/h3-8H,1,9-14H2,2H3,(H,18,20). The van der Waals surface area contributed by atoms with Gasteiger partial charge in [-0.1, -0.05) is 36.9 Å². The lowest BCUT2D eigenvalue weighted by molar-refractivity contribution is -0.117. The summed E-state index contributed by atoms with van der Waals surface area (Å²) >= 11 is 0. The third kappa shape index (κ3) is 4.16. The van der Waals surface area contributed by atoms with E-state index in [4.69, 9.17) is 4.74 Å². The summed E-state index contributed by atoms with van der Waals surface area (Å²) in [6.07, 6.45) is 3.17. The number of hydrogen-bond acceptors (Lipinski definition) is 3. The second-order valence-corrected chi connectivity index (χ2v) is 5.60. The first-order valence-electron chi connectivity index (χ1n) is 7.39. The SMILES string of the molecule is C=CC(=O)NCC1(N(C)Cc2ccccc2)CCOCC1. The predicted octanol–water partition coefficient (Wildman–Crippen LogP) is 1.97. The first-order valence-corrected chi connectivity index (χ1v) is 7.39. The minimum Gasteiger partial charge on any atom is -0.381 e. The number of carbonyl (C=O) groups excluding carboxylic acids is 1. The summed E-state index contributed by atoms with van der Waals surface area (Å²) in [5.74, 6) is -0.117. The number of likely N-dealkylation sites (N-methyl/N-ethyl adjacent to an activating group) is 1. The van der Waals surface area contributed by atoms with Gasteiger partial charge in [0.25, 0.3) is 0 Å². The zero-order chi connectivity index (χ0) is 15.1. The van der Waals surface area contributed by atoms with Crippen LogP contribution in [0.4, 0.5) is 0 Å². The molecule has 4 nitrogen and oxygen atoms in total. The Morgan fingerprint density at radius 2 is 2.05 bits per heavy atom. The van der Waals surface area contributed by atoms with Crippen molar-refractivity contribution in [2.24, 2.45) is 0 Å². The molecule has 1 heterocycles. The van der Waals surface area contributed by atoms with Crippen molar-refractivity contribution in [3.8, 4) is 0 Å². The van der Waals surface area contributed by atoms with Crippen LogP contribution in [0.3, 0.4) is 0 Å². The first kappa shape index (κ1) is 15.7. The van der Waals surface area contributed by atoms with E-state index in [1.54, 1.807) is 0 Å². The van der Waals surface area contributed by atoms with Crippen LogP contribution in [0.2, 0.25) is 0 Å². The topological polar surface area (TPSA) is 41.6 Å². The third-order valence-corrected chi connectivity index (χ3v) is 4.27. The molecule has 0 saturated carbocycles. The molecule has 1 aromatic rings. The molecule has 1 aromatic carbocycles. The van der Waals surface area contributed by atoms with E-state index in [1.807, 2.05) is 6.07 Å². The molecular weight excluding hydrogens is 264 g/mol. The molecule has 0 aliphatic carbocycles. The van der Waals surface area contributed by atoms with Crippen molar-refractivity contribution in [2.45, 2.75) is 24.9 Å². The second-order valence-electron chi connectivity index (χ2n) is 5.60. The molecule has 0 aromatic heterocycles. The first-order chi connectivity index (χ1) is 10.2. The number of nitrogens with zero attached hydrogens (tertiary/aromatic N) is 1. The lowest BCUT2D eigenvalue weighted by Gasteiger charge is -2.44. The van der Waals surface area contributed by atoms with Crippen LogP contribution in [0.15, 0.2) is 43.0 Å². The van der Waals surface area contributed by atoms with Crippen LogP contribution in [0.25, 0.3) is 0 Å². The van der Waals surface area contributed by atoms with E-state index in [0.29, 0.717) is 6.54 Å². The summed E-state index contributed by atoms with van der Waals surface area (Å²) in [5.41, 5.74) is 1.23. The van der Waals surface area contributed by atoms with Crippen LogP contribution in [0.5, 0.6) is 0 Å². The molecule has 1 amide bonds. The Morgan fingerprint density at radius 1 is 1.38 bits per heavy atom. The van der Waals surface area contributed by atoms with Crippen molar-refractivity contribution in [3.05, 3.63) is 48.6 Å². The zero-order valence-electron chi connectivity index (χ0n) is 12.7. The molecule has 1 aliphatic rings. The molecule has 21 heavy (non-hydrogen) atoms. The van der Waals surface area contributed by atoms with Crippen molar-refractivity contribution in [1.82, 2.24) is 10.2 Å². The summed E-state index contributed by atoms with van der Waals surface area (Å²) in [6.45, 7) is 6.48. The minimum absolute atomic E-state index is 0.0488. The van der Waals surface area contributed by atoms with Crippen LogP contribution in [-0.2, 0) is 16.1 Å². The van der Waals surface area contributed by atoms with E-state index in [2.05, 4.69) is 48.1 Å². The predicted molar refractivity (Wildman–Crippen MR) is 83.9 cm³/mol. The van der Waals surface area contributed by atoms with E-state index >= 15 is 0 Å². The Hall–Kier alpha value is -1.65. The average Bonchev–Trinajstić information content (AvgIpc) is 2.54. The molecule has 0 atom stereocenters. The lowest BCUT2D eigenvalue weighted by Crippen LogP contribution is -2.56. The van der Waals surface area contributed by atoms with E-state index < -0.39 is 0 Å². The third-order valence-electron chi connectivity index (χ3n) is 4.27. The van der Waals surface area contributed by atoms with Crippen LogP contribution < -0.4 is 5.32 Å². The minimum atomic E-state index is -0.117. The fourth-order valence-electron chi connectivity index (χ4n) is 2.79. The molecule has 1 fully saturated rings. The maximum atomic E-state index is 11.5. The quantitative estimate of drug-likeness (QED) is 0.814. The molecule has 0 bridgehead atoms. The summed E-state index contributed by atoms with van der Waals surface area (Å²) in [4.78, 5) is 13.8. The van der Waals surface area contributed by atoms with Gasteiger partial charge in [-0.15, -0.1) is 0 Å². The highest BCUT2D eigenvalue weighted by atomic mass is 16.5. The molecule has 1 saturated heterocycles. The molecule has 4 heteroatoms. The van der Waals surface area contributed by atoms with Gasteiger partial charge in [-0.2, -0.15) is 0 Å². The van der Waals surface area contributed by atoms with Gasteiger partial charge in [-0.3, -0.25) is 9.69 Å². The van der Waals surface area contributed by atoms with Crippen molar-refractivity contribution in [2.75, 3.05) is 26.8 Å². The van der Waals surface area contributed by atoms with Crippen molar-refractivity contribution >= 4 is 5.91 Å². The van der Waals surface area contributed by atoms with E-state index in [-0.39, 0.29) is 11.4 Å². The van der Waals surface area contributed by atoms with E-state index in [1.165, 1.54) is 11.6 Å². The number of benzene rings is 1. The van der Waals surface area contributed by atoms with Crippen LogP contribution in [-0.4, -0.2) is 43.2 Å². The van der Waals surface area contributed by atoms with Gasteiger partial charge >= 0.3 is 0 Å². The molecule has 0 spiro atoms. The highest BCUT2D eigenvalue weighted by Gasteiger charge is 2.36. The van der Waals surface area contributed by atoms with Gasteiger partial charge in [0.1, 0.15) is 0 Å². The summed E-state index contributed by atoms with van der Waals surface area (Å²) < 4.78 is 5.50. The van der Waals surface area contributed by atoms with Gasteiger partial charge in [0, 0.05) is 31.8 Å². The molecule has 0 radical (unpaired) electrons. The van der Waals surface area contributed by atoms with Crippen LogP contribution >= 0.6 is 0 Å². The average molecular weight is 288 g/mol.